The van der Waals surface area contributed by atoms with Crippen LogP contribution in [0.15, 0.2) is 24.3 Å². The molecule has 1 N–H and O–H groups in total. The molecule has 116 valence electrons. The maximum atomic E-state index is 12.3. The number of likely N-dealkylation sites (tertiary alicyclic amines) is 1. The molecule has 1 amide bonds. The van der Waals surface area contributed by atoms with Gasteiger partial charge < -0.3 is 9.64 Å². The van der Waals surface area contributed by atoms with E-state index in [0.29, 0.717) is 10.6 Å². The van der Waals surface area contributed by atoms with E-state index in [0.717, 1.165) is 37.2 Å². The number of ether oxygens (including phenoxy) is 1. The summed E-state index contributed by atoms with van der Waals surface area (Å²) in [4.78, 5) is 14.2. The number of benzene rings is 1. The Morgan fingerprint density at radius 2 is 2.00 bits per heavy atom. The highest BCUT2D eigenvalue weighted by atomic mass is 32.1. The van der Waals surface area contributed by atoms with Gasteiger partial charge in [-0.2, -0.15) is 5.10 Å². The molecule has 0 spiro atoms. The van der Waals surface area contributed by atoms with Crippen LogP contribution < -0.4 is 4.74 Å². The van der Waals surface area contributed by atoms with Crippen LogP contribution in [0.4, 0.5) is 0 Å². The fourth-order valence-electron chi connectivity index (χ4n) is 2.63. The molecule has 1 fully saturated rings. The molecular formula is C15H18N4O2S. The smallest absolute Gasteiger partial charge is 0.242 e. The van der Waals surface area contributed by atoms with Crippen molar-refractivity contribution in [3.8, 4) is 17.1 Å². The van der Waals surface area contributed by atoms with E-state index in [9.17, 15) is 4.79 Å². The molecule has 0 bridgehead atoms. The summed E-state index contributed by atoms with van der Waals surface area (Å²) in [6, 6.07) is 7.53. The van der Waals surface area contributed by atoms with Gasteiger partial charge in [0.2, 0.25) is 5.91 Å². The lowest BCUT2D eigenvalue weighted by Gasteiger charge is -2.16. The van der Waals surface area contributed by atoms with E-state index in [2.05, 4.69) is 10.2 Å². The van der Waals surface area contributed by atoms with Crippen molar-refractivity contribution in [2.24, 2.45) is 0 Å². The zero-order valence-electron chi connectivity index (χ0n) is 12.4. The largest absolute Gasteiger partial charge is 0.497 e. The van der Waals surface area contributed by atoms with Gasteiger partial charge in [-0.3, -0.25) is 14.5 Å². The van der Waals surface area contributed by atoms with Gasteiger partial charge >= 0.3 is 0 Å². The van der Waals surface area contributed by atoms with Gasteiger partial charge in [-0.15, -0.1) is 0 Å². The summed E-state index contributed by atoms with van der Waals surface area (Å²) in [5, 5.41) is 7.03. The monoisotopic (exact) mass is 318 g/mol. The van der Waals surface area contributed by atoms with Crippen molar-refractivity contribution in [2.45, 2.75) is 19.4 Å². The van der Waals surface area contributed by atoms with Crippen molar-refractivity contribution in [2.75, 3.05) is 20.2 Å². The van der Waals surface area contributed by atoms with Crippen molar-refractivity contribution in [1.82, 2.24) is 19.7 Å². The minimum absolute atomic E-state index is 0.0877. The number of nitrogens with zero attached hydrogens (tertiary/aromatic N) is 3. The van der Waals surface area contributed by atoms with Crippen LogP contribution in [0.1, 0.15) is 12.8 Å². The van der Waals surface area contributed by atoms with Gasteiger partial charge in [-0.05, 0) is 49.3 Å². The van der Waals surface area contributed by atoms with E-state index in [1.807, 2.05) is 29.2 Å². The van der Waals surface area contributed by atoms with E-state index in [-0.39, 0.29) is 12.5 Å². The fraction of sp³-hybridized carbons (Fsp3) is 0.400. The van der Waals surface area contributed by atoms with E-state index in [1.54, 1.807) is 11.7 Å². The lowest BCUT2D eigenvalue weighted by molar-refractivity contribution is -0.130. The van der Waals surface area contributed by atoms with Gasteiger partial charge in [-0.25, -0.2) is 0 Å². The molecule has 1 aliphatic heterocycles. The normalized spacial score (nSPS) is 14.3. The molecule has 0 radical (unpaired) electrons. The maximum absolute atomic E-state index is 12.3. The summed E-state index contributed by atoms with van der Waals surface area (Å²) in [6.07, 6.45) is 2.15. The van der Waals surface area contributed by atoms with Crippen LogP contribution in [-0.4, -0.2) is 45.8 Å². The summed E-state index contributed by atoms with van der Waals surface area (Å²) in [5.41, 5.74) is 0.891. The standard InChI is InChI=1S/C15H18N4O2S/c1-21-12-6-4-11(5-7-12)14-16-17-15(22)19(14)10-13(20)18-8-2-3-9-18/h4-7H,2-3,8-10H2,1H3,(H,17,22). The second-order valence-electron chi connectivity index (χ2n) is 5.25. The number of methoxy groups -OCH3 is 1. The summed E-state index contributed by atoms with van der Waals surface area (Å²) in [7, 11) is 1.62. The third kappa shape index (κ3) is 2.89. The number of amides is 1. The Balaban J connectivity index is 1.86. The van der Waals surface area contributed by atoms with Crippen LogP contribution in [0.3, 0.4) is 0 Å². The van der Waals surface area contributed by atoms with E-state index in [4.69, 9.17) is 17.0 Å². The number of nitrogens with one attached hydrogen (secondary N) is 1. The third-order valence-electron chi connectivity index (χ3n) is 3.86. The second kappa shape index (κ2) is 6.31. The molecule has 7 heteroatoms. The minimum Gasteiger partial charge on any atom is -0.497 e. The zero-order chi connectivity index (χ0) is 15.5. The topological polar surface area (TPSA) is 63.1 Å². The van der Waals surface area contributed by atoms with Gasteiger partial charge in [0.15, 0.2) is 10.6 Å². The molecule has 1 aromatic heterocycles. The Kier molecular flexibility index (Phi) is 4.24. The highest BCUT2D eigenvalue weighted by Gasteiger charge is 2.20. The molecule has 1 aliphatic rings. The van der Waals surface area contributed by atoms with E-state index in [1.165, 1.54) is 0 Å². The third-order valence-corrected chi connectivity index (χ3v) is 4.17. The molecule has 1 aromatic carbocycles. The first-order chi connectivity index (χ1) is 10.7. The van der Waals surface area contributed by atoms with Gasteiger partial charge in [0.05, 0.1) is 7.11 Å². The van der Waals surface area contributed by atoms with Crippen molar-refractivity contribution in [1.29, 1.82) is 0 Å². The predicted octanol–water partition coefficient (Wildman–Crippen LogP) is 2.24. The van der Waals surface area contributed by atoms with Crippen LogP contribution in [-0.2, 0) is 11.3 Å². The molecule has 1 saturated heterocycles. The Morgan fingerprint density at radius 3 is 2.64 bits per heavy atom. The molecule has 22 heavy (non-hydrogen) atoms. The molecule has 2 aromatic rings. The SMILES string of the molecule is COc1ccc(-c2n[nH]c(=S)n2CC(=O)N2CCCC2)cc1. The van der Waals surface area contributed by atoms with Gasteiger partial charge in [-0.1, -0.05) is 0 Å². The summed E-state index contributed by atoms with van der Waals surface area (Å²) in [6.45, 7) is 1.89. The number of rotatable bonds is 4. The van der Waals surface area contributed by atoms with Gasteiger partial charge in [0, 0.05) is 18.7 Å². The summed E-state index contributed by atoms with van der Waals surface area (Å²) < 4.78 is 7.36. The van der Waals surface area contributed by atoms with Crippen LogP contribution in [0, 0.1) is 4.77 Å². The highest BCUT2D eigenvalue weighted by molar-refractivity contribution is 7.71. The lowest BCUT2D eigenvalue weighted by atomic mass is 10.2. The molecule has 0 unspecified atom stereocenters. The first-order valence-corrected chi connectivity index (χ1v) is 7.67. The summed E-state index contributed by atoms with van der Waals surface area (Å²) in [5.74, 6) is 1.53. The average Bonchev–Trinajstić information content (AvgIpc) is 3.19. The molecule has 3 rings (SSSR count). The van der Waals surface area contributed by atoms with Gasteiger partial charge in [0.1, 0.15) is 12.3 Å². The first kappa shape index (κ1) is 14.8. The number of carbonyl (C=O) groups is 1. The first-order valence-electron chi connectivity index (χ1n) is 7.26. The summed E-state index contributed by atoms with van der Waals surface area (Å²) >= 11 is 5.26. The second-order valence-corrected chi connectivity index (χ2v) is 5.64. The fourth-order valence-corrected chi connectivity index (χ4v) is 2.82. The minimum atomic E-state index is 0.0877. The number of hydrogen-bond acceptors (Lipinski definition) is 4. The van der Waals surface area contributed by atoms with Crippen molar-refractivity contribution in [3.05, 3.63) is 29.0 Å². The Hall–Kier alpha value is -2.15. The molecule has 0 atom stereocenters. The van der Waals surface area contributed by atoms with Crippen molar-refractivity contribution in [3.63, 3.8) is 0 Å². The Labute approximate surface area is 133 Å². The molecular weight excluding hydrogens is 300 g/mol. The number of hydrogen-bond donors (Lipinski definition) is 1. The van der Waals surface area contributed by atoms with E-state index < -0.39 is 0 Å². The predicted molar refractivity (Wildman–Crippen MR) is 85.2 cm³/mol. The van der Waals surface area contributed by atoms with E-state index >= 15 is 0 Å². The molecule has 6 nitrogen and oxygen atoms in total. The van der Waals surface area contributed by atoms with Crippen molar-refractivity contribution < 1.29 is 9.53 Å². The van der Waals surface area contributed by atoms with Crippen LogP contribution in [0.2, 0.25) is 0 Å². The molecule has 2 heterocycles. The number of aromatic nitrogens is 3. The van der Waals surface area contributed by atoms with Crippen LogP contribution >= 0.6 is 12.2 Å². The van der Waals surface area contributed by atoms with Crippen LogP contribution in [0.5, 0.6) is 5.75 Å². The van der Waals surface area contributed by atoms with Crippen LogP contribution in [0.25, 0.3) is 11.4 Å². The van der Waals surface area contributed by atoms with Crippen molar-refractivity contribution >= 4 is 18.1 Å². The number of carbonyl (C=O) groups excluding carboxylic acids is 1. The average molecular weight is 318 g/mol. The zero-order valence-corrected chi connectivity index (χ0v) is 13.2. The quantitative estimate of drug-likeness (QED) is 0.878. The molecule has 0 saturated carbocycles. The van der Waals surface area contributed by atoms with Gasteiger partial charge in [0.25, 0.3) is 0 Å². The highest BCUT2D eigenvalue weighted by Crippen LogP contribution is 2.21. The maximum Gasteiger partial charge on any atom is 0.242 e. The number of aromatic amines is 1. The molecule has 0 aliphatic carbocycles. The Morgan fingerprint density at radius 1 is 1.32 bits per heavy atom. The lowest BCUT2D eigenvalue weighted by Crippen LogP contribution is -2.31. The Bertz CT molecular complexity index is 714. The number of H-pyrrole nitrogens is 1.